The van der Waals surface area contributed by atoms with Crippen LogP contribution in [0.2, 0.25) is 0 Å². The molecule has 0 aliphatic carbocycles. The van der Waals surface area contributed by atoms with E-state index in [1.54, 1.807) is 0 Å². The fraction of sp³-hybridized carbons (Fsp3) is 0.500. The minimum atomic E-state index is -3.04. The molecule has 0 bridgehead atoms. The van der Waals surface area contributed by atoms with Crippen LogP contribution in [0.15, 0.2) is 30.3 Å². The van der Waals surface area contributed by atoms with E-state index in [0.717, 1.165) is 5.56 Å². The third kappa shape index (κ3) is 4.71. The number of rotatable bonds is 3. The Kier molecular flexibility index (Phi) is 5.19. The Bertz CT molecular complexity index is 574. The van der Waals surface area contributed by atoms with E-state index in [1.807, 2.05) is 37.3 Å². The molecule has 6 nitrogen and oxygen atoms in total. The van der Waals surface area contributed by atoms with Gasteiger partial charge in [0.15, 0.2) is 9.84 Å². The van der Waals surface area contributed by atoms with Crippen LogP contribution in [0.4, 0.5) is 4.79 Å². The van der Waals surface area contributed by atoms with E-state index in [1.165, 1.54) is 4.90 Å². The largest absolute Gasteiger partial charge is 0.341 e. The van der Waals surface area contributed by atoms with Crippen molar-refractivity contribution >= 4 is 15.9 Å². The van der Waals surface area contributed by atoms with Gasteiger partial charge in [0.05, 0.1) is 18.1 Å². The maximum Gasteiger partial charge on any atom is 0.341 e. The summed E-state index contributed by atoms with van der Waals surface area (Å²) in [6.07, 6.45) is 0.453. The Balaban J connectivity index is 1.85. The first-order valence-electron chi connectivity index (χ1n) is 6.91. The lowest BCUT2D eigenvalue weighted by atomic mass is 10.2. The average Bonchev–Trinajstić information content (AvgIpc) is 2.59. The Labute approximate surface area is 125 Å². The number of hydrogen-bond acceptors (Lipinski definition) is 4. The first-order valence-corrected chi connectivity index (χ1v) is 8.73. The molecule has 1 atom stereocenters. The van der Waals surface area contributed by atoms with E-state index in [2.05, 4.69) is 5.48 Å². The highest BCUT2D eigenvalue weighted by Gasteiger charge is 2.27. The molecule has 0 radical (unpaired) electrons. The van der Waals surface area contributed by atoms with Gasteiger partial charge in [0, 0.05) is 12.6 Å². The van der Waals surface area contributed by atoms with Crippen molar-refractivity contribution in [2.24, 2.45) is 0 Å². The number of carbonyl (C=O) groups excluding carboxylic acids is 1. The van der Waals surface area contributed by atoms with Crippen molar-refractivity contribution < 1.29 is 18.0 Å². The molecule has 116 valence electrons. The van der Waals surface area contributed by atoms with Crippen molar-refractivity contribution in [3.05, 3.63) is 35.9 Å². The zero-order chi connectivity index (χ0) is 15.3. The lowest BCUT2D eigenvalue weighted by Gasteiger charge is -2.26. The van der Waals surface area contributed by atoms with Crippen LogP contribution in [0, 0.1) is 0 Å². The smallest absolute Gasteiger partial charge is 0.319 e. The van der Waals surface area contributed by atoms with Crippen molar-refractivity contribution in [3.63, 3.8) is 0 Å². The second-order valence-electron chi connectivity index (χ2n) is 5.16. The van der Waals surface area contributed by atoms with E-state index in [9.17, 15) is 13.2 Å². The number of hydroxylamine groups is 1. The van der Waals surface area contributed by atoms with Gasteiger partial charge in [0.25, 0.3) is 0 Å². The summed E-state index contributed by atoms with van der Waals surface area (Å²) < 4.78 is 23.2. The van der Waals surface area contributed by atoms with Crippen LogP contribution >= 0.6 is 0 Å². The van der Waals surface area contributed by atoms with Crippen LogP contribution in [-0.2, 0) is 21.3 Å². The first kappa shape index (κ1) is 15.8. The number of benzene rings is 1. The summed E-state index contributed by atoms with van der Waals surface area (Å²) in [4.78, 5) is 18.8. The van der Waals surface area contributed by atoms with Gasteiger partial charge in [-0.3, -0.25) is 4.84 Å². The predicted octanol–water partition coefficient (Wildman–Crippen LogP) is 1.34. The van der Waals surface area contributed by atoms with Gasteiger partial charge in [-0.15, -0.1) is 0 Å². The number of nitrogens with zero attached hydrogens (tertiary/aromatic N) is 1. The fourth-order valence-corrected chi connectivity index (χ4v) is 3.56. The maximum absolute atomic E-state index is 12.1. The minimum Gasteiger partial charge on any atom is -0.319 e. The number of urea groups is 1. The minimum absolute atomic E-state index is 0.00342. The van der Waals surface area contributed by atoms with Crippen LogP contribution < -0.4 is 5.48 Å². The second kappa shape index (κ2) is 6.91. The average molecular weight is 312 g/mol. The van der Waals surface area contributed by atoms with Gasteiger partial charge in [0.1, 0.15) is 0 Å². The summed E-state index contributed by atoms with van der Waals surface area (Å²) in [5, 5.41) is 0. The Morgan fingerprint density at radius 3 is 2.76 bits per heavy atom. The van der Waals surface area contributed by atoms with Crippen molar-refractivity contribution in [2.45, 2.75) is 26.0 Å². The van der Waals surface area contributed by atoms with Gasteiger partial charge < -0.3 is 4.90 Å². The van der Waals surface area contributed by atoms with E-state index >= 15 is 0 Å². The van der Waals surface area contributed by atoms with Crippen molar-refractivity contribution in [1.82, 2.24) is 10.4 Å². The molecule has 1 fully saturated rings. The Morgan fingerprint density at radius 1 is 1.33 bits per heavy atom. The van der Waals surface area contributed by atoms with Gasteiger partial charge in [0.2, 0.25) is 0 Å². The molecule has 1 aromatic carbocycles. The molecular weight excluding hydrogens is 292 g/mol. The highest BCUT2D eigenvalue weighted by atomic mass is 32.2. The maximum atomic E-state index is 12.1. The molecule has 21 heavy (non-hydrogen) atoms. The van der Waals surface area contributed by atoms with Crippen molar-refractivity contribution in [2.75, 3.05) is 18.1 Å². The summed E-state index contributed by atoms with van der Waals surface area (Å²) >= 11 is 0. The van der Waals surface area contributed by atoms with Gasteiger partial charge >= 0.3 is 6.03 Å². The van der Waals surface area contributed by atoms with Crippen molar-refractivity contribution in [1.29, 1.82) is 0 Å². The SMILES string of the molecule is C[C@H]1CCS(=O)(=O)CCN1C(=O)NOCc1ccccc1. The van der Waals surface area contributed by atoms with Crippen LogP contribution in [-0.4, -0.2) is 43.4 Å². The molecular formula is C14H20N2O4S. The van der Waals surface area contributed by atoms with Gasteiger partial charge in [-0.25, -0.2) is 18.7 Å². The van der Waals surface area contributed by atoms with E-state index in [4.69, 9.17) is 4.84 Å². The summed E-state index contributed by atoms with van der Waals surface area (Å²) in [5.74, 6) is 0.131. The highest BCUT2D eigenvalue weighted by molar-refractivity contribution is 7.91. The van der Waals surface area contributed by atoms with Gasteiger partial charge in [-0.1, -0.05) is 30.3 Å². The quantitative estimate of drug-likeness (QED) is 0.855. The number of amides is 2. The molecule has 0 aromatic heterocycles. The molecule has 0 saturated carbocycles. The monoisotopic (exact) mass is 312 g/mol. The molecule has 2 rings (SSSR count). The zero-order valence-electron chi connectivity index (χ0n) is 12.0. The molecule has 1 heterocycles. The third-order valence-corrected chi connectivity index (χ3v) is 5.19. The molecule has 0 spiro atoms. The van der Waals surface area contributed by atoms with Crippen LogP contribution in [0.5, 0.6) is 0 Å². The molecule has 1 saturated heterocycles. The molecule has 2 amide bonds. The summed E-state index contributed by atoms with van der Waals surface area (Å²) in [6, 6.07) is 8.96. The molecule has 1 aliphatic heterocycles. The lowest BCUT2D eigenvalue weighted by Crippen LogP contribution is -2.45. The van der Waals surface area contributed by atoms with E-state index in [-0.39, 0.29) is 30.7 Å². The summed E-state index contributed by atoms with van der Waals surface area (Å²) in [6.45, 7) is 2.31. The summed E-state index contributed by atoms with van der Waals surface area (Å²) in [7, 11) is -3.04. The number of carbonyl (C=O) groups is 1. The normalized spacial score (nSPS) is 21.6. The lowest BCUT2D eigenvalue weighted by molar-refractivity contribution is 0.0333. The third-order valence-electron chi connectivity index (χ3n) is 3.52. The molecule has 7 heteroatoms. The van der Waals surface area contributed by atoms with E-state index < -0.39 is 15.9 Å². The van der Waals surface area contributed by atoms with Gasteiger partial charge in [-0.05, 0) is 18.9 Å². The predicted molar refractivity (Wildman–Crippen MR) is 79.2 cm³/mol. The van der Waals surface area contributed by atoms with Crippen LogP contribution in [0.1, 0.15) is 18.9 Å². The Hall–Kier alpha value is -1.60. The highest BCUT2D eigenvalue weighted by Crippen LogP contribution is 2.12. The summed E-state index contributed by atoms with van der Waals surface area (Å²) in [5.41, 5.74) is 3.33. The molecule has 1 N–H and O–H groups in total. The molecule has 1 aromatic rings. The topological polar surface area (TPSA) is 75.7 Å². The number of nitrogens with one attached hydrogen (secondary N) is 1. The molecule has 1 aliphatic rings. The second-order valence-corrected chi connectivity index (χ2v) is 7.47. The number of hydrogen-bond donors (Lipinski definition) is 1. The molecule has 0 unspecified atom stereocenters. The number of sulfone groups is 1. The van der Waals surface area contributed by atoms with Crippen LogP contribution in [0.3, 0.4) is 0 Å². The van der Waals surface area contributed by atoms with E-state index in [0.29, 0.717) is 6.42 Å². The fourth-order valence-electron chi connectivity index (χ4n) is 2.18. The Morgan fingerprint density at radius 2 is 2.05 bits per heavy atom. The van der Waals surface area contributed by atoms with Crippen molar-refractivity contribution in [3.8, 4) is 0 Å². The zero-order valence-corrected chi connectivity index (χ0v) is 12.8. The first-order chi connectivity index (χ1) is 9.98. The van der Waals surface area contributed by atoms with Gasteiger partial charge in [-0.2, -0.15) is 0 Å². The standard InChI is InChI=1S/C14H20N2O4S/c1-12-7-9-21(18,19)10-8-16(12)14(17)15-20-11-13-5-3-2-4-6-13/h2-6,12H,7-11H2,1H3,(H,15,17)/t12-/m0/s1. The van der Waals surface area contributed by atoms with Crippen LogP contribution in [0.25, 0.3) is 0 Å².